The van der Waals surface area contributed by atoms with Gasteiger partial charge in [-0.25, -0.2) is 0 Å². The van der Waals surface area contributed by atoms with Crippen molar-refractivity contribution in [1.29, 1.82) is 0 Å². The summed E-state index contributed by atoms with van der Waals surface area (Å²) < 4.78 is 0. The average molecular weight is 222 g/mol. The molecular formula is C15H26O. The molecule has 0 bridgehead atoms. The van der Waals surface area contributed by atoms with Crippen LogP contribution in [0.15, 0.2) is 24.3 Å². The van der Waals surface area contributed by atoms with Crippen LogP contribution in [-0.4, -0.2) is 10.7 Å². The van der Waals surface area contributed by atoms with Crippen LogP contribution < -0.4 is 0 Å². The van der Waals surface area contributed by atoms with Gasteiger partial charge in [0.1, 0.15) is 0 Å². The zero-order valence-electron chi connectivity index (χ0n) is 11.5. The molecule has 0 amide bonds. The Hall–Kier alpha value is -0.560. The monoisotopic (exact) mass is 222 g/mol. The molecule has 1 N–H and O–H groups in total. The third-order valence-corrected chi connectivity index (χ3v) is 3.31. The van der Waals surface area contributed by atoms with Crippen LogP contribution in [0.2, 0.25) is 0 Å². The van der Waals surface area contributed by atoms with E-state index in [0.29, 0.717) is 0 Å². The minimum atomic E-state index is -0.703. The molecule has 1 heteroatoms. The topological polar surface area (TPSA) is 20.2 Å². The maximum Gasteiger partial charge on any atom is 0.0903 e. The van der Waals surface area contributed by atoms with Gasteiger partial charge >= 0.3 is 0 Å². The number of rotatable bonds is 1. The van der Waals surface area contributed by atoms with E-state index in [2.05, 4.69) is 47.6 Å². The van der Waals surface area contributed by atoms with Crippen LogP contribution in [0.25, 0.3) is 0 Å². The van der Waals surface area contributed by atoms with E-state index in [1.807, 2.05) is 18.2 Å². The van der Waals surface area contributed by atoms with Gasteiger partial charge < -0.3 is 5.11 Å². The molecule has 1 atom stereocenters. The number of aliphatic hydroxyl groups is 1. The van der Waals surface area contributed by atoms with Crippen LogP contribution in [0.5, 0.6) is 0 Å². The van der Waals surface area contributed by atoms with Crippen molar-refractivity contribution in [3.8, 4) is 0 Å². The van der Waals surface area contributed by atoms with Crippen molar-refractivity contribution < 1.29 is 5.11 Å². The summed E-state index contributed by atoms with van der Waals surface area (Å²) in [4.78, 5) is 0. The molecule has 0 aromatic heterocycles. The SMILES string of the molecule is CC(C)(C)C(C(C)(C)C)C1(O)C=CC=CC1. The molecule has 0 fully saturated rings. The standard InChI is InChI=1S/C15H26O/c1-13(2,3)12(14(4,5)6)15(16)10-8-7-9-11-15/h7-10,12,16H,11H2,1-6H3. The Balaban J connectivity index is 3.12. The van der Waals surface area contributed by atoms with Gasteiger partial charge in [0.2, 0.25) is 0 Å². The molecule has 0 aromatic rings. The molecule has 92 valence electrons. The summed E-state index contributed by atoms with van der Waals surface area (Å²) in [7, 11) is 0. The fraction of sp³-hybridized carbons (Fsp3) is 0.733. The lowest BCUT2D eigenvalue weighted by Crippen LogP contribution is -2.50. The lowest BCUT2D eigenvalue weighted by atomic mass is 9.58. The quantitative estimate of drug-likeness (QED) is 0.712. The van der Waals surface area contributed by atoms with E-state index in [1.165, 1.54) is 0 Å². The van der Waals surface area contributed by atoms with Gasteiger partial charge in [-0.1, -0.05) is 65.8 Å². The molecule has 16 heavy (non-hydrogen) atoms. The Morgan fingerprint density at radius 3 is 1.81 bits per heavy atom. The molecule has 1 nitrogen and oxygen atoms in total. The van der Waals surface area contributed by atoms with E-state index in [0.717, 1.165) is 6.42 Å². The molecule has 0 aliphatic heterocycles. The second kappa shape index (κ2) is 4.03. The van der Waals surface area contributed by atoms with E-state index < -0.39 is 5.60 Å². The summed E-state index contributed by atoms with van der Waals surface area (Å²) in [5.74, 6) is 0.230. The summed E-state index contributed by atoms with van der Waals surface area (Å²) in [6.45, 7) is 13.3. The van der Waals surface area contributed by atoms with Crippen molar-refractivity contribution in [3.05, 3.63) is 24.3 Å². The maximum absolute atomic E-state index is 10.9. The lowest BCUT2D eigenvalue weighted by Gasteiger charge is -2.49. The van der Waals surface area contributed by atoms with Gasteiger partial charge in [0.05, 0.1) is 5.60 Å². The highest BCUT2D eigenvalue weighted by molar-refractivity contribution is 5.21. The number of allylic oxidation sites excluding steroid dienone is 2. The van der Waals surface area contributed by atoms with Crippen molar-refractivity contribution in [2.24, 2.45) is 16.7 Å². The second-order valence-electron chi connectivity index (χ2n) is 7.15. The van der Waals surface area contributed by atoms with Gasteiger partial charge in [0.15, 0.2) is 0 Å². The normalized spacial score (nSPS) is 26.5. The zero-order chi connectivity index (χ0) is 12.6. The van der Waals surface area contributed by atoms with E-state index in [1.54, 1.807) is 0 Å². The number of hydrogen-bond donors (Lipinski definition) is 1. The highest BCUT2D eigenvalue weighted by Gasteiger charge is 2.47. The van der Waals surface area contributed by atoms with E-state index >= 15 is 0 Å². The lowest BCUT2D eigenvalue weighted by molar-refractivity contribution is -0.0767. The molecule has 0 heterocycles. The number of hydrogen-bond acceptors (Lipinski definition) is 1. The zero-order valence-corrected chi connectivity index (χ0v) is 11.5. The van der Waals surface area contributed by atoms with E-state index in [-0.39, 0.29) is 16.7 Å². The van der Waals surface area contributed by atoms with Gasteiger partial charge in [-0.15, -0.1) is 0 Å². The minimum absolute atomic E-state index is 0.0858. The van der Waals surface area contributed by atoms with Crippen LogP contribution in [0.3, 0.4) is 0 Å². The summed E-state index contributed by atoms with van der Waals surface area (Å²) in [6, 6.07) is 0. The molecule has 1 aliphatic rings. The van der Waals surface area contributed by atoms with Crippen LogP contribution in [0.1, 0.15) is 48.0 Å². The fourth-order valence-corrected chi connectivity index (χ4v) is 3.64. The Morgan fingerprint density at radius 2 is 1.50 bits per heavy atom. The third kappa shape index (κ3) is 2.76. The first-order valence-electron chi connectivity index (χ1n) is 6.14. The molecule has 0 radical (unpaired) electrons. The van der Waals surface area contributed by atoms with Crippen molar-refractivity contribution in [2.45, 2.75) is 53.6 Å². The Labute approximate surface area is 100 Å². The highest BCUT2D eigenvalue weighted by atomic mass is 16.3. The van der Waals surface area contributed by atoms with E-state index in [4.69, 9.17) is 0 Å². The van der Waals surface area contributed by atoms with Crippen LogP contribution >= 0.6 is 0 Å². The van der Waals surface area contributed by atoms with Crippen molar-refractivity contribution in [2.75, 3.05) is 0 Å². The molecule has 1 rings (SSSR count). The second-order valence-corrected chi connectivity index (χ2v) is 7.15. The third-order valence-electron chi connectivity index (χ3n) is 3.31. The van der Waals surface area contributed by atoms with Crippen LogP contribution in [-0.2, 0) is 0 Å². The molecule has 1 unspecified atom stereocenters. The Bertz CT molecular complexity index is 284. The summed E-state index contributed by atoms with van der Waals surface area (Å²) in [5.41, 5.74) is -0.531. The average Bonchev–Trinajstić information content (AvgIpc) is 1.97. The van der Waals surface area contributed by atoms with Gasteiger partial charge in [-0.3, -0.25) is 0 Å². The predicted octanol–water partition coefficient (Wildman–Crippen LogP) is 3.94. The Morgan fingerprint density at radius 1 is 1.00 bits per heavy atom. The highest BCUT2D eigenvalue weighted by Crippen LogP contribution is 2.48. The molecular weight excluding hydrogens is 196 g/mol. The molecule has 0 spiro atoms. The molecule has 0 aromatic carbocycles. The van der Waals surface area contributed by atoms with Crippen molar-refractivity contribution in [1.82, 2.24) is 0 Å². The first kappa shape index (κ1) is 13.5. The molecule has 0 saturated heterocycles. The maximum atomic E-state index is 10.9. The van der Waals surface area contributed by atoms with Crippen molar-refractivity contribution >= 4 is 0 Å². The fourth-order valence-electron chi connectivity index (χ4n) is 3.64. The minimum Gasteiger partial charge on any atom is -0.385 e. The van der Waals surface area contributed by atoms with Crippen LogP contribution in [0, 0.1) is 16.7 Å². The summed E-state index contributed by atoms with van der Waals surface area (Å²) in [6.07, 6.45) is 8.73. The van der Waals surface area contributed by atoms with Gasteiger partial charge in [-0.2, -0.15) is 0 Å². The molecule has 0 saturated carbocycles. The van der Waals surface area contributed by atoms with Crippen molar-refractivity contribution in [3.63, 3.8) is 0 Å². The van der Waals surface area contributed by atoms with Gasteiger partial charge in [0.25, 0.3) is 0 Å². The first-order chi connectivity index (χ1) is 7.07. The Kier molecular flexibility index (Phi) is 3.40. The predicted molar refractivity (Wildman–Crippen MR) is 70.2 cm³/mol. The van der Waals surface area contributed by atoms with E-state index in [9.17, 15) is 5.11 Å². The van der Waals surface area contributed by atoms with Gasteiger partial charge in [-0.05, 0) is 17.3 Å². The smallest absolute Gasteiger partial charge is 0.0903 e. The largest absolute Gasteiger partial charge is 0.385 e. The van der Waals surface area contributed by atoms with Gasteiger partial charge in [0, 0.05) is 5.92 Å². The first-order valence-corrected chi connectivity index (χ1v) is 6.14. The summed E-state index contributed by atoms with van der Waals surface area (Å²) in [5, 5.41) is 10.9. The van der Waals surface area contributed by atoms with Crippen LogP contribution in [0.4, 0.5) is 0 Å². The summed E-state index contributed by atoms with van der Waals surface area (Å²) >= 11 is 0. The molecule has 1 aliphatic carbocycles.